The fraction of sp³-hybridized carbons (Fsp3) is 0.600. The quantitative estimate of drug-likeness (QED) is 0.442. The standard InChI is InChI=1S/C15H16O5/c1-7-4-14-10(8(7)2)3-9(12(16)17)11(14)5-19-13(18)15(14)6-20-15/h3-4,8,10-11H,5-6H2,1-2H3,(H,16,17)/t8?,10-,11+,14?,15-/m1/s1. The van der Waals surface area contributed by atoms with Crippen LogP contribution in [-0.2, 0) is 19.1 Å². The Morgan fingerprint density at radius 2 is 2.20 bits per heavy atom. The van der Waals surface area contributed by atoms with Crippen LogP contribution < -0.4 is 0 Å². The molecule has 0 aromatic rings. The fourth-order valence-corrected chi connectivity index (χ4v) is 4.49. The molecule has 5 atom stereocenters. The van der Waals surface area contributed by atoms with Crippen LogP contribution in [0.1, 0.15) is 13.8 Å². The zero-order chi connectivity index (χ0) is 14.3. The number of esters is 1. The lowest BCUT2D eigenvalue weighted by Crippen LogP contribution is -2.56. The van der Waals surface area contributed by atoms with E-state index in [4.69, 9.17) is 9.47 Å². The number of carbonyl (C=O) groups is 2. The molecule has 0 saturated carbocycles. The van der Waals surface area contributed by atoms with Crippen molar-refractivity contribution in [2.75, 3.05) is 13.2 Å². The third kappa shape index (κ3) is 1.06. The second-order valence-electron chi connectivity index (χ2n) is 6.33. The Morgan fingerprint density at radius 3 is 2.80 bits per heavy atom. The van der Waals surface area contributed by atoms with E-state index in [1.165, 1.54) is 5.57 Å². The van der Waals surface area contributed by atoms with Gasteiger partial charge in [-0.15, -0.1) is 0 Å². The van der Waals surface area contributed by atoms with Crippen molar-refractivity contribution >= 4 is 11.9 Å². The van der Waals surface area contributed by atoms with E-state index in [1.54, 1.807) is 0 Å². The second-order valence-corrected chi connectivity index (χ2v) is 6.33. The van der Waals surface area contributed by atoms with Gasteiger partial charge in [0.05, 0.1) is 13.2 Å². The zero-order valence-electron chi connectivity index (χ0n) is 11.4. The summed E-state index contributed by atoms with van der Waals surface area (Å²) in [7, 11) is 0. The van der Waals surface area contributed by atoms with E-state index in [-0.39, 0.29) is 30.3 Å². The highest BCUT2D eigenvalue weighted by atomic mass is 16.6. The average molecular weight is 276 g/mol. The van der Waals surface area contributed by atoms with E-state index in [1.807, 2.05) is 13.0 Å². The first-order valence-electron chi connectivity index (χ1n) is 6.89. The third-order valence-corrected chi connectivity index (χ3v) is 5.68. The van der Waals surface area contributed by atoms with E-state index in [9.17, 15) is 14.7 Å². The number of hydrogen-bond acceptors (Lipinski definition) is 4. The molecule has 2 fully saturated rings. The number of aliphatic carboxylic acids is 1. The monoisotopic (exact) mass is 276 g/mol. The van der Waals surface area contributed by atoms with Crippen molar-refractivity contribution in [3.8, 4) is 0 Å². The van der Waals surface area contributed by atoms with Gasteiger partial charge in [0.25, 0.3) is 0 Å². The van der Waals surface area contributed by atoms with Crippen LogP contribution in [0, 0.1) is 23.2 Å². The van der Waals surface area contributed by atoms with Gasteiger partial charge in [0.2, 0.25) is 0 Å². The van der Waals surface area contributed by atoms with E-state index in [2.05, 4.69) is 13.0 Å². The van der Waals surface area contributed by atoms with Crippen LogP contribution >= 0.6 is 0 Å². The van der Waals surface area contributed by atoms with Crippen LogP contribution in [-0.4, -0.2) is 35.9 Å². The van der Waals surface area contributed by atoms with E-state index >= 15 is 0 Å². The molecule has 0 bridgehead atoms. The first kappa shape index (κ1) is 12.1. The first-order chi connectivity index (χ1) is 9.44. The summed E-state index contributed by atoms with van der Waals surface area (Å²) >= 11 is 0. The molecule has 5 nitrogen and oxygen atoms in total. The Bertz CT molecular complexity index is 597. The second kappa shape index (κ2) is 3.34. The minimum Gasteiger partial charge on any atom is -0.478 e. The summed E-state index contributed by atoms with van der Waals surface area (Å²) in [5.74, 6) is -1.33. The maximum atomic E-state index is 12.2. The van der Waals surface area contributed by atoms with Gasteiger partial charge >= 0.3 is 11.9 Å². The molecule has 2 heterocycles. The topological polar surface area (TPSA) is 76.1 Å². The van der Waals surface area contributed by atoms with E-state index < -0.39 is 17.0 Å². The minimum absolute atomic E-state index is 0.00829. The molecule has 4 aliphatic rings. The number of carboxylic acids is 1. The predicted molar refractivity (Wildman–Crippen MR) is 67.7 cm³/mol. The summed E-state index contributed by atoms with van der Waals surface area (Å²) < 4.78 is 10.8. The van der Waals surface area contributed by atoms with Crippen LogP contribution in [0.2, 0.25) is 0 Å². The van der Waals surface area contributed by atoms with Crippen molar-refractivity contribution in [1.29, 1.82) is 0 Å². The smallest absolute Gasteiger partial charge is 0.341 e. The fourth-order valence-electron chi connectivity index (χ4n) is 4.49. The van der Waals surface area contributed by atoms with Crippen molar-refractivity contribution in [3.05, 3.63) is 23.3 Å². The summed E-state index contributed by atoms with van der Waals surface area (Å²) in [4.78, 5) is 23.7. The van der Waals surface area contributed by atoms with Gasteiger partial charge in [0, 0.05) is 16.9 Å². The number of carboxylic acid groups (broad SMARTS) is 1. The maximum absolute atomic E-state index is 12.2. The van der Waals surface area contributed by atoms with Gasteiger partial charge in [0.15, 0.2) is 5.60 Å². The molecule has 2 spiro atoms. The molecular formula is C15H16O5. The molecule has 2 aliphatic carbocycles. The SMILES string of the molecule is CC1=CC23[C@H](C=C(C(=O)O)[C@@H]2COC(=O)[C@]32CO2)C1C. The van der Waals surface area contributed by atoms with Crippen molar-refractivity contribution in [2.24, 2.45) is 23.2 Å². The lowest BCUT2D eigenvalue weighted by molar-refractivity contribution is -0.170. The lowest BCUT2D eigenvalue weighted by Gasteiger charge is -2.43. The highest BCUT2D eigenvalue weighted by Crippen LogP contribution is 2.68. The summed E-state index contributed by atoms with van der Waals surface area (Å²) in [6.45, 7) is 4.59. The molecule has 5 heteroatoms. The molecule has 4 rings (SSSR count). The molecule has 20 heavy (non-hydrogen) atoms. The first-order valence-corrected chi connectivity index (χ1v) is 6.89. The van der Waals surface area contributed by atoms with Gasteiger partial charge < -0.3 is 14.6 Å². The van der Waals surface area contributed by atoms with Crippen LogP contribution in [0.4, 0.5) is 0 Å². The van der Waals surface area contributed by atoms with Crippen molar-refractivity contribution in [1.82, 2.24) is 0 Å². The normalized spacial score (nSPS) is 48.3. The number of cyclic esters (lactones) is 1. The number of hydrogen-bond donors (Lipinski definition) is 1. The number of rotatable bonds is 1. The molecular weight excluding hydrogens is 260 g/mol. The molecule has 0 aromatic carbocycles. The number of allylic oxidation sites excluding steroid dienone is 2. The predicted octanol–water partition coefficient (Wildman–Crippen LogP) is 1.15. The lowest BCUT2D eigenvalue weighted by atomic mass is 9.61. The van der Waals surface area contributed by atoms with Crippen molar-refractivity contribution < 1.29 is 24.2 Å². The Labute approximate surface area is 116 Å². The molecule has 2 unspecified atom stereocenters. The summed E-state index contributed by atoms with van der Waals surface area (Å²) in [6, 6.07) is 0. The Balaban J connectivity index is 1.92. The Kier molecular flexibility index (Phi) is 2.03. The maximum Gasteiger partial charge on any atom is 0.341 e. The third-order valence-electron chi connectivity index (χ3n) is 5.68. The Hall–Kier alpha value is -1.62. The number of carbonyl (C=O) groups excluding carboxylic acids is 1. The molecule has 1 N–H and O–H groups in total. The van der Waals surface area contributed by atoms with Crippen molar-refractivity contribution in [2.45, 2.75) is 19.4 Å². The molecule has 0 radical (unpaired) electrons. The molecule has 2 aliphatic heterocycles. The molecule has 2 saturated heterocycles. The zero-order valence-corrected chi connectivity index (χ0v) is 11.4. The van der Waals surface area contributed by atoms with Crippen LogP contribution in [0.15, 0.2) is 23.3 Å². The highest BCUT2D eigenvalue weighted by molar-refractivity contribution is 5.92. The Morgan fingerprint density at radius 1 is 1.50 bits per heavy atom. The number of ether oxygens (including phenoxy) is 2. The molecule has 0 aromatic heterocycles. The van der Waals surface area contributed by atoms with Gasteiger partial charge in [0.1, 0.15) is 0 Å². The number of epoxide rings is 1. The van der Waals surface area contributed by atoms with Gasteiger partial charge in [-0.25, -0.2) is 9.59 Å². The van der Waals surface area contributed by atoms with Gasteiger partial charge in [-0.1, -0.05) is 24.6 Å². The summed E-state index contributed by atoms with van der Waals surface area (Å²) in [5, 5.41) is 9.44. The van der Waals surface area contributed by atoms with E-state index in [0.717, 1.165) is 0 Å². The largest absolute Gasteiger partial charge is 0.478 e. The van der Waals surface area contributed by atoms with Crippen LogP contribution in [0.25, 0.3) is 0 Å². The van der Waals surface area contributed by atoms with Gasteiger partial charge in [-0.05, 0) is 18.8 Å². The summed E-state index contributed by atoms with van der Waals surface area (Å²) in [5.41, 5.74) is 0.0538. The average Bonchev–Trinajstić information content (AvgIpc) is 3.07. The van der Waals surface area contributed by atoms with Crippen LogP contribution in [0.3, 0.4) is 0 Å². The van der Waals surface area contributed by atoms with Crippen molar-refractivity contribution in [3.63, 3.8) is 0 Å². The summed E-state index contributed by atoms with van der Waals surface area (Å²) in [6.07, 6.45) is 3.92. The van der Waals surface area contributed by atoms with Crippen LogP contribution in [0.5, 0.6) is 0 Å². The molecule has 106 valence electrons. The van der Waals surface area contributed by atoms with Gasteiger partial charge in [-0.2, -0.15) is 0 Å². The minimum atomic E-state index is -0.958. The highest BCUT2D eigenvalue weighted by Gasteiger charge is 2.78. The molecule has 0 amide bonds. The van der Waals surface area contributed by atoms with Gasteiger partial charge in [-0.3, -0.25) is 0 Å². The van der Waals surface area contributed by atoms with E-state index in [0.29, 0.717) is 12.2 Å².